The van der Waals surface area contributed by atoms with E-state index < -0.39 is 0 Å². The highest BCUT2D eigenvalue weighted by Gasteiger charge is 2.11. The minimum absolute atomic E-state index is 0.258. The largest absolute Gasteiger partial charge is 0.366 e. The summed E-state index contributed by atoms with van der Waals surface area (Å²) in [6.07, 6.45) is 4.45. The number of benzene rings is 1. The van der Waals surface area contributed by atoms with Gasteiger partial charge in [0.1, 0.15) is 17.3 Å². The molecule has 3 rings (SSSR count). The first-order valence-electron chi connectivity index (χ1n) is 8.53. The van der Waals surface area contributed by atoms with Crippen LogP contribution in [0.4, 0.5) is 11.5 Å². The van der Waals surface area contributed by atoms with E-state index in [0.29, 0.717) is 23.9 Å². The number of amides is 1. The minimum Gasteiger partial charge on any atom is -0.366 e. The molecule has 26 heavy (non-hydrogen) atoms. The van der Waals surface area contributed by atoms with Crippen LogP contribution in [0, 0.1) is 6.92 Å². The summed E-state index contributed by atoms with van der Waals surface area (Å²) in [5.41, 5.74) is 3.38. The molecule has 132 valence electrons. The Morgan fingerprint density at radius 1 is 1.00 bits per heavy atom. The van der Waals surface area contributed by atoms with Crippen molar-refractivity contribution < 1.29 is 4.79 Å². The molecular weight excluding hydrogens is 326 g/mol. The van der Waals surface area contributed by atoms with Gasteiger partial charge in [0.2, 0.25) is 0 Å². The van der Waals surface area contributed by atoms with Gasteiger partial charge in [0.05, 0.1) is 0 Å². The van der Waals surface area contributed by atoms with Crippen molar-refractivity contribution in [3.63, 3.8) is 0 Å². The molecule has 0 fully saturated rings. The molecule has 1 amide bonds. The van der Waals surface area contributed by atoms with Crippen LogP contribution in [-0.2, 0) is 13.0 Å². The van der Waals surface area contributed by atoms with Gasteiger partial charge in [-0.2, -0.15) is 0 Å². The van der Waals surface area contributed by atoms with Gasteiger partial charge in [0.15, 0.2) is 0 Å². The zero-order valence-corrected chi connectivity index (χ0v) is 14.9. The van der Waals surface area contributed by atoms with Crippen LogP contribution in [0.3, 0.4) is 0 Å². The highest BCUT2D eigenvalue weighted by atomic mass is 16.1. The highest BCUT2D eigenvalue weighted by molar-refractivity contribution is 6.03. The molecule has 0 bridgehead atoms. The zero-order valence-electron chi connectivity index (χ0n) is 14.9. The van der Waals surface area contributed by atoms with E-state index in [9.17, 15) is 4.79 Å². The monoisotopic (exact) mass is 347 g/mol. The normalized spacial score (nSPS) is 10.4. The summed E-state index contributed by atoms with van der Waals surface area (Å²) in [4.78, 5) is 25.1. The average molecular weight is 347 g/mol. The Balaban J connectivity index is 1.70. The maximum Gasteiger partial charge on any atom is 0.274 e. The van der Waals surface area contributed by atoms with Gasteiger partial charge in [-0.25, -0.2) is 9.97 Å². The summed E-state index contributed by atoms with van der Waals surface area (Å²) in [7, 11) is 0. The standard InChI is InChI=1S/C20H21N5O/c1-3-15-4-6-17(7-5-15)25-20(26)18-12-19(24-14(2)23-18)22-13-16-8-10-21-11-9-16/h4-12H,3,13H2,1-2H3,(H,25,26)(H,22,23,24). The van der Waals surface area contributed by atoms with Gasteiger partial charge in [0.25, 0.3) is 5.91 Å². The number of nitrogens with one attached hydrogen (secondary N) is 2. The zero-order chi connectivity index (χ0) is 18.4. The Labute approximate surface area is 152 Å². The number of carbonyl (C=O) groups is 1. The highest BCUT2D eigenvalue weighted by Crippen LogP contribution is 2.13. The number of nitrogens with zero attached hydrogens (tertiary/aromatic N) is 3. The van der Waals surface area contributed by atoms with Crippen molar-refractivity contribution in [1.82, 2.24) is 15.0 Å². The van der Waals surface area contributed by atoms with Gasteiger partial charge in [-0.05, 0) is 48.7 Å². The van der Waals surface area contributed by atoms with Crippen LogP contribution in [0.25, 0.3) is 0 Å². The van der Waals surface area contributed by atoms with Crippen LogP contribution in [0.2, 0.25) is 0 Å². The molecule has 0 unspecified atom stereocenters. The third kappa shape index (κ3) is 4.63. The van der Waals surface area contributed by atoms with Gasteiger partial charge in [-0.1, -0.05) is 19.1 Å². The smallest absolute Gasteiger partial charge is 0.274 e. The molecule has 0 saturated heterocycles. The number of hydrogen-bond acceptors (Lipinski definition) is 5. The van der Waals surface area contributed by atoms with Gasteiger partial charge < -0.3 is 10.6 Å². The lowest BCUT2D eigenvalue weighted by Crippen LogP contribution is -2.16. The lowest BCUT2D eigenvalue weighted by molar-refractivity contribution is 0.102. The lowest BCUT2D eigenvalue weighted by Gasteiger charge is -2.09. The Morgan fingerprint density at radius 3 is 2.42 bits per heavy atom. The Morgan fingerprint density at radius 2 is 1.73 bits per heavy atom. The fourth-order valence-electron chi connectivity index (χ4n) is 2.49. The second-order valence-corrected chi connectivity index (χ2v) is 5.90. The summed E-state index contributed by atoms with van der Waals surface area (Å²) < 4.78 is 0. The predicted octanol–water partition coefficient (Wildman–Crippen LogP) is 3.61. The minimum atomic E-state index is -0.258. The molecule has 0 aliphatic carbocycles. The van der Waals surface area contributed by atoms with E-state index in [1.54, 1.807) is 25.4 Å². The van der Waals surface area contributed by atoms with E-state index in [1.165, 1.54) is 5.56 Å². The van der Waals surface area contributed by atoms with Crippen LogP contribution < -0.4 is 10.6 Å². The molecule has 1 aromatic carbocycles. The molecule has 2 N–H and O–H groups in total. The van der Waals surface area contributed by atoms with Crippen molar-refractivity contribution in [3.05, 3.63) is 77.5 Å². The van der Waals surface area contributed by atoms with Crippen LogP contribution in [0.15, 0.2) is 54.9 Å². The van der Waals surface area contributed by atoms with Crippen molar-refractivity contribution >= 4 is 17.4 Å². The third-order valence-corrected chi connectivity index (χ3v) is 3.91. The van der Waals surface area contributed by atoms with Crippen LogP contribution >= 0.6 is 0 Å². The van der Waals surface area contributed by atoms with E-state index >= 15 is 0 Å². The van der Waals surface area contributed by atoms with Crippen molar-refractivity contribution in [2.24, 2.45) is 0 Å². The summed E-state index contributed by atoms with van der Waals surface area (Å²) in [5, 5.41) is 6.09. The van der Waals surface area contributed by atoms with E-state index in [-0.39, 0.29) is 5.91 Å². The van der Waals surface area contributed by atoms with Crippen molar-refractivity contribution in [2.45, 2.75) is 26.8 Å². The van der Waals surface area contributed by atoms with Gasteiger partial charge >= 0.3 is 0 Å². The van der Waals surface area contributed by atoms with Crippen molar-refractivity contribution in [2.75, 3.05) is 10.6 Å². The Hall–Kier alpha value is -3.28. The number of carbonyl (C=O) groups excluding carboxylic acids is 1. The average Bonchev–Trinajstić information content (AvgIpc) is 2.67. The fourth-order valence-corrected chi connectivity index (χ4v) is 2.49. The number of pyridine rings is 1. The number of aryl methyl sites for hydroxylation is 2. The van der Waals surface area contributed by atoms with Gasteiger partial charge in [0, 0.05) is 30.7 Å². The molecule has 6 heteroatoms. The first kappa shape index (κ1) is 17.5. The molecule has 2 aromatic heterocycles. The van der Waals surface area contributed by atoms with E-state index in [2.05, 4.69) is 32.5 Å². The maximum atomic E-state index is 12.5. The molecule has 2 heterocycles. The Bertz CT molecular complexity index is 878. The van der Waals surface area contributed by atoms with Gasteiger partial charge in [-0.3, -0.25) is 9.78 Å². The SMILES string of the molecule is CCc1ccc(NC(=O)c2cc(NCc3ccncc3)nc(C)n2)cc1. The third-order valence-electron chi connectivity index (χ3n) is 3.91. The summed E-state index contributed by atoms with van der Waals surface area (Å²) in [6.45, 7) is 4.46. The number of anilines is 2. The number of rotatable bonds is 6. The first-order valence-corrected chi connectivity index (χ1v) is 8.53. The topological polar surface area (TPSA) is 79.8 Å². The van der Waals surface area contributed by atoms with Crippen molar-refractivity contribution in [1.29, 1.82) is 0 Å². The molecule has 0 radical (unpaired) electrons. The summed E-state index contributed by atoms with van der Waals surface area (Å²) >= 11 is 0. The molecule has 0 saturated carbocycles. The molecule has 0 spiro atoms. The maximum absolute atomic E-state index is 12.5. The Kier molecular flexibility index (Phi) is 5.53. The molecule has 6 nitrogen and oxygen atoms in total. The summed E-state index contributed by atoms with van der Waals surface area (Å²) in [6, 6.07) is 13.3. The van der Waals surface area contributed by atoms with E-state index in [0.717, 1.165) is 17.7 Å². The van der Waals surface area contributed by atoms with Crippen molar-refractivity contribution in [3.8, 4) is 0 Å². The van der Waals surface area contributed by atoms with Crippen LogP contribution in [0.5, 0.6) is 0 Å². The lowest BCUT2D eigenvalue weighted by atomic mass is 10.1. The fraction of sp³-hybridized carbons (Fsp3) is 0.200. The molecule has 0 atom stereocenters. The molecular formula is C20H21N5O. The van der Waals surface area contributed by atoms with Gasteiger partial charge in [-0.15, -0.1) is 0 Å². The number of hydrogen-bond donors (Lipinski definition) is 2. The summed E-state index contributed by atoms with van der Waals surface area (Å²) in [5.74, 6) is 0.892. The van der Waals surface area contributed by atoms with Crippen LogP contribution in [-0.4, -0.2) is 20.9 Å². The second-order valence-electron chi connectivity index (χ2n) is 5.90. The van der Waals surface area contributed by atoms with E-state index in [4.69, 9.17) is 0 Å². The van der Waals surface area contributed by atoms with E-state index in [1.807, 2.05) is 36.4 Å². The molecule has 0 aliphatic heterocycles. The quantitative estimate of drug-likeness (QED) is 0.712. The second kappa shape index (κ2) is 8.20. The predicted molar refractivity (Wildman–Crippen MR) is 102 cm³/mol. The first-order chi connectivity index (χ1) is 12.6. The molecule has 3 aromatic rings. The number of aromatic nitrogens is 3. The molecule has 0 aliphatic rings. The van der Waals surface area contributed by atoms with Crippen LogP contribution in [0.1, 0.15) is 34.4 Å².